The lowest BCUT2D eigenvalue weighted by molar-refractivity contribution is -0.121. The van der Waals surface area contributed by atoms with Crippen LogP contribution in [-0.2, 0) is 4.79 Å². The van der Waals surface area contributed by atoms with Crippen molar-refractivity contribution < 1.29 is 23.1 Å². The number of carbonyl (C=O) groups excluding carboxylic acids is 2. The number of rotatable bonds is 5. The molecule has 1 aliphatic heterocycles. The molecular formula is C17H17F2N3O3. The van der Waals surface area contributed by atoms with E-state index in [-0.39, 0.29) is 17.6 Å². The van der Waals surface area contributed by atoms with Crippen LogP contribution in [0, 0.1) is 0 Å². The van der Waals surface area contributed by atoms with Crippen LogP contribution in [0.5, 0.6) is 5.75 Å². The molecule has 1 aliphatic rings. The van der Waals surface area contributed by atoms with Gasteiger partial charge in [0, 0.05) is 18.4 Å². The molecule has 0 unspecified atom stereocenters. The summed E-state index contributed by atoms with van der Waals surface area (Å²) in [6.07, 6.45) is 2.90. The minimum atomic E-state index is -2.89. The van der Waals surface area contributed by atoms with Crippen molar-refractivity contribution in [3.63, 3.8) is 0 Å². The molecule has 1 aromatic carbocycles. The number of piperidine rings is 1. The third-order valence-electron chi connectivity index (χ3n) is 3.96. The maximum Gasteiger partial charge on any atom is 0.387 e. The van der Waals surface area contributed by atoms with Crippen molar-refractivity contribution in [3.8, 4) is 5.75 Å². The van der Waals surface area contributed by atoms with Gasteiger partial charge in [-0.25, -0.2) is 0 Å². The lowest BCUT2D eigenvalue weighted by Gasteiger charge is -2.32. The van der Waals surface area contributed by atoms with E-state index in [1.807, 2.05) is 0 Å². The zero-order chi connectivity index (χ0) is 17.8. The van der Waals surface area contributed by atoms with E-state index in [0.717, 1.165) is 6.42 Å². The molecule has 0 saturated carbocycles. The lowest BCUT2D eigenvalue weighted by Crippen LogP contribution is -2.52. The summed E-state index contributed by atoms with van der Waals surface area (Å²) >= 11 is 0. The Kier molecular flexibility index (Phi) is 4.97. The minimum absolute atomic E-state index is 0.0276. The number of alkyl halides is 2. The van der Waals surface area contributed by atoms with Gasteiger partial charge in [0.25, 0.3) is 5.91 Å². The van der Waals surface area contributed by atoms with E-state index in [2.05, 4.69) is 15.0 Å². The number of anilines is 1. The van der Waals surface area contributed by atoms with Crippen molar-refractivity contribution in [1.29, 1.82) is 0 Å². The smallest absolute Gasteiger partial charge is 0.387 e. The molecule has 1 atom stereocenters. The van der Waals surface area contributed by atoms with Crippen LogP contribution >= 0.6 is 0 Å². The summed E-state index contributed by atoms with van der Waals surface area (Å²) in [6.45, 7) is -2.39. The summed E-state index contributed by atoms with van der Waals surface area (Å²) < 4.78 is 28.7. The number of ether oxygens (including phenoxy) is 1. The van der Waals surface area contributed by atoms with Gasteiger partial charge in [-0.3, -0.25) is 9.59 Å². The van der Waals surface area contributed by atoms with Gasteiger partial charge >= 0.3 is 6.61 Å². The Morgan fingerprint density at radius 2 is 2.04 bits per heavy atom. The molecule has 2 N–H and O–H groups in total. The number of halogens is 2. The highest BCUT2D eigenvalue weighted by Crippen LogP contribution is 2.24. The SMILES string of the molecule is O=C(N[C@H]1CCCN(c2ccc(OC(F)F)cc2)C1=O)c1ccc[nH]1. The molecule has 25 heavy (non-hydrogen) atoms. The van der Waals surface area contributed by atoms with Crippen LogP contribution < -0.4 is 15.0 Å². The first-order valence-electron chi connectivity index (χ1n) is 7.85. The fourth-order valence-electron chi connectivity index (χ4n) is 2.78. The van der Waals surface area contributed by atoms with Crippen LogP contribution in [0.4, 0.5) is 14.5 Å². The number of carbonyl (C=O) groups is 2. The third kappa shape index (κ3) is 3.96. The van der Waals surface area contributed by atoms with Crippen molar-refractivity contribution in [2.75, 3.05) is 11.4 Å². The topological polar surface area (TPSA) is 74.4 Å². The van der Waals surface area contributed by atoms with Crippen molar-refractivity contribution in [1.82, 2.24) is 10.3 Å². The average Bonchev–Trinajstić information content (AvgIpc) is 3.12. The number of benzene rings is 1. The Morgan fingerprint density at radius 1 is 1.28 bits per heavy atom. The highest BCUT2D eigenvalue weighted by atomic mass is 19.3. The Hall–Kier alpha value is -2.90. The van der Waals surface area contributed by atoms with E-state index >= 15 is 0 Å². The van der Waals surface area contributed by atoms with E-state index in [1.165, 1.54) is 17.0 Å². The molecule has 0 aliphatic carbocycles. The summed E-state index contributed by atoms with van der Waals surface area (Å²) in [4.78, 5) is 29.1. The largest absolute Gasteiger partial charge is 0.435 e. The van der Waals surface area contributed by atoms with Gasteiger partial charge in [-0.1, -0.05) is 0 Å². The van der Waals surface area contributed by atoms with Crippen LogP contribution in [0.2, 0.25) is 0 Å². The molecule has 2 amide bonds. The maximum atomic E-state index is 12.6. The van der Waals surface area contributed by atoms with Gasteiger partial charge in [0.05, 0.1) is 0 Å². The van der Waals surface area contributed by atoms with E-state index in [0.29, 0.717) is 24.3 Å². The first kappa shape index (κ1) is 16.9. The molecule has 1 saturated heterocycles. The number of aromatic amines is 1. The number of nitrogens with zero attached hydrogens (tertiary/aromatic N) is 1. The van der Waals surface area contributed by atoms with Crippen molar-refractivity contribution >= 4 is 17.5 Å². The van der Waals surface area contributed by atoms with Crippen LogP contribution in [-0.4, -0.2) is 36.0 Å². The summed E-state index contributed by atoms with van der Waals surface area (Å²) in [5.41, 5.74) is 0.962. The normalized spacial score (nSPS) is 17.6. The number of hydrogen-bond donors (Lipinski definition) is 2. The first-order valence-corrected chi connectivity index (χ1v) is 7.85. The Balaban J connectivity index is 1.68. The summed E-state index contributed by atoms with van der Waals surface area (Å²) in [5, 5.41) is 2.72. The number of hydrogen-bond acceptors (Lipinski definition) is 3. The Morgan fingerprint density at radius 3 is 2.68 bits per heavy atom. The van der Waals surface area contributed by atoms with E-state index in [4.69, 9.17) is 0 Å². The highest BCUT2D eigenvalue weighted by Gasteiger charge is 2.31. The van der Waals surface area contributed by atoms with Crippen LogP contribution in [0.15, 0.2) is 42.6 Å². The van der Waals surface area contributed by atoms with Crippen LogP contribution in [0.1, 0.15) is 23.3 Å². The van der Waals surface area contributed by atoms with Gasteiger partial charge in [0.15, 0.2) is 0 Å². The highest BCUT2D eigenvalue weighted by molar-refractivity contribution is 6.02. The van der Waals surface area contributed by atoms with E-state index < -0.39 is 12.7 Å². The number of aromatic nitrogens is 1. The van der Waals surface area contributed by atoms with Gasteiger partial charge < -0.3 is 19.9 Å². The van der Waals surface area contributed by atoms with E-state index in [9.17, 15) is 18.4 Å². The van der Waals surface area contributed by atoms with Crippen LogP contribution in [0.3, 0.4) is 0 Å². The molecule has 6 nitrogen and oxygen atoms in total. The fraction of sp³-hybridized carbons (Fsp3) is 0.294. The fourth-order valence-corrected chi connectivity index (χ4v) is 2.78. The Bertz CT molecular complexity index is 732. The summed E-state index contributed by atoms with van der Waals surface area (Å²) in [6, 6.07) is 8.57. The average molecular weight is 349 g/mol. The molecule has 0 spiro atoms. The summed E-state index contributed by atoms with van der Waals surface area (Å²) in [7, 11) is 0. The lowest BCUT2D eigenvalue weighted by atomic mass is 10.0. The minimum Gasteiger partial charge on any atom is -0.435 e. The standard InChI is InChI=1S/C17H17F2N3O3/c18-17(19)25-12-7-5-11(6-8-12)22-10-2-4-14(16(22)24)21-15(23)13-3-1-9-20-13/h1,3,5-9,14,17,20H,2,4,10H2,(H,21,23)/t14-/m0/s1. The summed E-state index contributed by atoms with van der Waals surface area (Å²) in [5.74, 6) is -0.542. The molecule has 1 fully saturated rings. The third-order valence-corrected chi connectivity index (χ3v) is 3.96. The second-order valence-corrected chi connectivity index (χ2v) is 5.61. The molecule has 0 bridgehead atoms. The Labute approximate surface area is 142 Å². The monoisotopic (exact) mass is 349 g/mol. The maximum absolute atomic E-state index is 12.6. The molecular weight excluding hydrogens is 332 g/mol. The predicted molar refractivity (Wildman–Crippen MR) is 86.7 cm³/mol. The van der Waals surface area contributed by atoms with Crippen LogP contribution in [0.25, 0.3) is 0 Å². The molecule has 2 heterocycles. The molecule has 2 aromatic rings. The molecule has 0 radical (unpaired) electrons. The van der Waals surface area contributed by atoms with Gasteiger partial charge in [-0.2, -0.15) is 8.78 Å². The molecule has 132 valence electrons. The van der Waals surface area contributed by atoms with Gasteiger partial charge in [-0.05, 0) is 49.2 Å². The quantitative estimate of drug-likeness (QED) is 0.871. The number of amides is 2. The number of nitrogens with one attached hydrogen (secondary N) is 2. The van der Waals surface area contributed by atoms with Gasteiger partial charge in [0.1, 0.15) is 17.5 Å². The molecule has 3 rings (SSSR count). The van der Waals surface area contributed by atoms with Crippen molar-refractivity contribution in [2.24, 2.45) is 0 Å². The van der Waals surface area contributed by atoms with E-state index in [1.54, 1.807) is 30.5 Å². The zero-order valence-corrected chi connectivity index (χ0v) is 13.2. The first-order chi connectivity index (χ1) is 12.0. The van der Waals surface area contributed by atoms with Gasteiger partial charge in [0.2, 0.25) is 5.91 Å². The second kappa shape index (κ2) is 7.33. The van der Waals surface area contributed by atoms with Crippen molar-refractivity contribution in [2.45, 2.75) is 25.5 Å². The predicted octanol–water partition coefficient (Wildman–Crippen LogP) is 2.54. The van der Waals surface area contributed by atoms with Crippen molar-refractivity contribution in [3.05, 3.63) is 48.3 Å². The molecule has 8 heteroatoms. The van der Waals surface area contributed by atoms with Gasteiger partial charge in [-0.15, -0.1) is 0 Å². The number of H-pyrrole nitrogens is 1. The second-order valence-electron chi connectivity index (χ2n) is 5.61. The zero-order valence-electron chi connectivity index (χ0n) is 13.2. The molecule has 1 aromatic heterocycles.